The summed E-state index contributed by atoms with van der Waals surface area (Å²) < 4.78 is 48.1. The van der Waals surface area contributed by atoms with Gasteiger partial charge >= 0.3 is 0 Å². The highest BCUT2D eigenvalue weighted by atomic mass is 35.5. The molecule has 7 nitrogen and oxygen atoms in total. The summed E-state index contributed by atoms with van der Waals surface area (Å²) in [6.07, 6.45) is 0. The number of hydrogen-bond acceptors (Lipinski definition) is 6. The topological polar surface area (TPSA) is 118 Å². The highest BCUT2D eigenvalue weighted by Crippen LogP contribution is 2.38. The molecule has 0 spiro atoms. The normalized spacial score (nSPS) is 12.8. The Morgan fingerprint density at radius 2 is 1.28 bits per heavy atom. The van der Waals surface area contributed by atoms with Gasteiger partial charge in [0.05, 0.1) is 43.9 Å². The van der Waals surface area contributed by atoms with E-state index in [1.54, 1.807) is 26.0 Å². The predicted octanol–water partition coefficient (Wildman–Crippen LogP) is 4.96. The van der Waals surface area contributed by atoms with Gasteiger partial charge in [0.1, 0.15) is 0 Å². The molecule has 0 aliphatic heterocycles. The molecule has 0 saturated heterocycles. The number of carbonyl (C=O) groups excluding carboxylic acids is 1. The summed E-state index contributed by atoms with van der Waals surface area (Å²) in [4.78, 5) is 13.2. The minimum atomic E-state index is -3.39. The summed E-state index contributed by atoms with van der Waals surface area (Å²) in [5.74, 6) is -1.54. The fourth-order valence-electron chi connectivity index (χ4n) is 3.56. The van der Waals surface area contributed by atoms with E-state index in [1.165, 1.54) is 48.5 Å². The van der Waals surface area contributed by atoms with Gasteiger partial charge in [-0.25, -0.2) is 16.8 Å². The van der Waals surface area contributed by atoms with Crippen molar-refractivity contribution in [2.24, 2.45) is 0 Å². The lowest BCUT2D eigenvalue weighted by molar-refractivity contribution is -0.118. The Kier molecular flexibility index (Phi) is 8.84. The SMILES string of the molecule is CCS(=O)(=O)c1ccc(-c2c(Cl)cc(NC(=O)C(CO)c3ccc(S(=O)(=O)CC)cc3)cc2Cl)cc1. The fourth-order valence-corrected chi connectivity index (χ4v) is 6.03. The van der Waals surface area contributed by atoms with Crippen molar-refractivity contribution >= 4 is 54.5 Å². The molecule has 0 aliphatic carbocycles. The third-order valence-electron chi connectivity index (χ3n) is 5.71. The van der Waals surface area contributed by atoms with Crippen LogP contribution < -0.4 is 5.32 Å². The Morgan fingerprint density at radius 3 is 1.69 bits per heavy atom. The lowest BCUT2D eigenvalue weighted by Gasteiger charge is -2.17. The molecule has 0 radical (unpaired) electrons. The molecule has 192 valence electrons. The van der Waals surface area contributed by atoms with E-state index in [0.717, 1.165) is 0 Å². The molecule has 2 N–H and O–H groups in total. The van der Waals surface area contributed by atoms with E-state index in [1.807, 2.05) is 0 Å². The number of benzene rings is 3. The summed E-state index contributed by atoms with van der Waals surface area (Å²) in [5, 5.41) is 13.0. The van der Waals surface area contributed by atoms with E-state index in [9.17, 15) is 26.7 Å². The number of rotatable bonds is 9. The molecule has 3 rings (SSSR count). The average Bonchev–Trinajstić information content (AvgIpc) is 2.84. The van der Waals surface area contributed by atoms with Crippen molar-refractivity contribution in [2.75, 3.05) is 23.4 Å². The van der Waals surface area contributed by atoms with Gasteiger partial charge in [-0.3, -0.25) is 4.79 Å². The molecule has 1 unspecified atom stereocenters. The van der Waals surface area contributed by atoms with Gasteiger partial charge in [-0.05, 0) is 47.5 Å². The van der Waals surface area contributed by atoms with Crippen LogP contribution >= 0.6 is 23.2 Å². The first kappa shape index (κ1) is 28.1. The van der Waals surface area contributed by atoms with Crippen molar-refractivity contribution < 1.29 is 26.7 Å². The minimum Gasteiger partial charge on any atom is -0.395 e. The van der Waals surface area contributed by atoms with Crippen LogP contribution in [-0.4, -0.2) is 46.0 Å². The van der Waals surface area contributed by atoms with Crippen molar-refractivity contribution in [3.63, 3.8) is 0 Å². The van der Waals surface area contributed by atoms with Crippen LogP contribution in [0.25, 0.3) is 11.1 Å². The van der Waals surface area contributed by atoms with Gasteiger partial charge in [-0.1, -0.05) is 61.3 Å². The summed E-state index contributed by atoms with van der Waals surface area (Å²) in [6.45, 7) is 2.61. The summed E-state index contributed by atoms with van der Waals surface area (Å²) in [5.41, 5.74) is 1.82. The van der Waals surface area contributed by atoms with Crippen LogP contribution in [0, 0.1) is 0 Å². The van der Waals surface area contributed by atoms with Crippen molar-refractivity contribution in [1.29, 1.82) is 0 Å². The van der Waals surface area contributed by atoms with Crippen LogP contribution in [0.2, 0.25) is 10.0 Å². The molecule has 0 saturated carbocycles. The Balaban J connectivity index is 1.83. The number of halogens is 2. The van der Waals surface area contributed by atoms with Crippen molar-refractivity contribution in [2.45, 2.75) is 29.6 Å². The van der Waals surface area contributed by atoms with E-state index in [2.05, 4.69) is 5.32 Å². The number of anilines is 1. The van der Waals surface area contributed by atoms with E-state index >= 15 is 0 Å². The number of carbonyl (C=O) groups is 1. The highest BCUT2D eigenvalue weighted by Gasteiger charge is 2.22. The summed E-state index contributed by atoms with van der Waals surface area (Å²) >= 11 is 12.9. The first-order valence-corrected chi connectivity index (χ1v) is 15.1. The molecule has 3 aromatic rings. The number of nitrogens with one attached hydrogen (secondary N) is 1. The maximum atomic E-state index is 12.9. The Labute approximate surface area is 220 Å². The van der Waals surface area contributed by atoms with E-state index in [0.29, 0.717) is 22.4 Å². The van der Waals surface area contributed by atoms with E-state index < -0.39 is 38.1 Å². The first-order valence-electron chi connectivity index (χ1n) is 11.0. The maximum absolute atomic E-state index is 12.9. The number of aliphatic hydroxyl groups excluding tert-OH is 1. The zero-order valence-corrected chi connectivity index (χ0v) is 22.7. The third kappa shape index (κ3) is 6.10. The van der Waals surface area contributed by atoms with Crippen molar-refractivity contribution in [3.8, 4) is 11.1 Å². The van der Waals surface area contributed by atoms with Crippen LogP contribution in [0.3, 0.4) is 0 Å². The molecule has 3 aromatic carbocycles. The monoisotopic (exact) mass is 569 g/mol. The van der Waals surface area contributed by atoms with Crippen LogP contribution in [0.1, 0.15) is 25.3 Å². The number of hydrogen-bond donors (Lipinski definition) is 2. The second-order valence-electron chi connectivity index (χ2n) is 7.94. The quantitative estimate of drug-likeness (QED) is 0.376. The molecule has 0 aromatic heterocycles. The van der Waals surface area contributed by atoms with Gasteiger partial charge in [0.15, 0.2) is 19.7 Å². The smallest absolute Gasteiger partial charge is 0.234 e. The van der Waals surface area contributed by atoms with Crippen molar-refractivity contribution in [3.05, 3.63) is 76.3 Å². The molecule has 0 heterocycles. The lowest BCUT2D eigenvalue weighted by Crippen LogP contribution is -2.24. The molecule has 1 atom stereocenters. The van der Waals surface area contributed by atoms with Gasteiger partial charge in [0.25, 0.3) is 0 Å². The first-order chi connectivity index (χ1) is 16.9. The van der Waals surface area contributed by atoms with Gasteiger partial charge in [0.2, 0.25) is 5.91 Å². The van der Waals surface area contributed by atoms with Crippen LogP contribution in [-0.2, 0) is 24.5 Å². The number of amides is 1. The minimum absolute atomic E-state index is 0.0148. The number of aliphatic hydroxyl groups is 1. The molecule has 0 fully saturated rings. The second kappa shape index (κ2) is 11.3. The highest BCUT2D eigenvalue weighted by molar-refractivity contribution is 7.91. The third-order valence-corrected chi connectivity index (χ3v) is 9.81. The van der Waals surface area contributed by atoms with E-state index in [-0.39, 0.29) is 31.3 Å². The molecular weight excluding hydrogens is 545 g/mol. The molecule has 11 heteroatoms. The number of sulfone groups is 2. The Bertz CT molecular complexity index is 1450. The van der Waals surface area contributed by atoms with Gasteiger partial charge in [0, 0.05) is 11.3 Å². The summed E-state index contributed by atoms with van der Waals surface area (Å²) in [6, 6.07) is 15.0. The second-order valence-corrected chi connectivity index (χ2v) is 13.3. The summed E-state index contributed by atoms with van der Waals surface area (Å²) in [7, 11) is -6.73. The largest absolute Gasteiger partial charge is 0.395 e. The molecular formula is C25H25Cl2NO6S2. The van der Waals surface area contributed by atoms with Crippen LogP contribution in [0.15, 0.2) is 70.5 Å². The lowest BCUT2D eigenvalue weighted by atomic mass is 9.99. The zero-order chi connectivity index (χ0) is 26.7. The maximum Gasteiger partial charge on any atom is 0.234 e. The van der Waals surface area contributed by atoms with Gasteiger partial charge < -0.3 is 10.4 Å². The molecule has 36 heavy (non-hydrogen) atoms. The molecule has 0 aliphatic rings. The fraction of sp³-hybridized carbons (Fsp3) is 0.240. The van der Waals surface area contributed by atoms with Crippen molar-refractivity contribution in [1.82, 2.24) is 0 Å². The van der Waals surface area contributed by atoms with Gasteiger partial charge in [-0.2, -0.15) is 0 Å². The Hall–Kier alpha value is -2.43. The van der Waals surface area contributed by atoms with Crippen LogP contribution in [0.4, 0.5) is 5.69 Å². The molecule has 1 amide bonds. The van der Waals surface area contributed by atoms with Gasteiger partial charge in [-0.15, -0.1) is 0 Å². The van der Waals surface area contributed by atoms with Crippen LogP contribution in [0.5, 0.6) is 0 Å². The zero-order valence-electron chi connectivity index (χ0n) is 19.5. The predicted molar refractivity (Wildman–Crippen MR) is 142 cm³/mol. The Morgan fingerprint density at radius 1 is 0.833 bits per heavy atom. The average molecular weight is 571 g/mol. The molecule has 0 bridgehead atoms. The van der Waals surface area contributed by atoms with E-state index in [4.69, 9.17) is 23.2 Å². The standard InChI is InChI=1S/C25H25Cl2NO6S2/c1-3-35(31,32)19-9-5-16(6-10-19)21(15-29)25(30)28-18-13-22(26)24(23(27)14-18)17-7-11-20(12-8-17)36(33,34)4-2/h5-14,21,29H,3-4,15H2,1-2H3,(H,28,30).